The molecule has 0 amide bonds. The molecule has 7 nitrogen and oxygen atoms in total. The van der Waals surface area contributed by atoms with E-state index in [1.54, 1.807) is 6.07 Å². The number of nitro benzene ring substituents is 1. The zero-order chi connectivity index (χ0) is 15.4. The van der Waals surface area contributed by atoms with Gasteiger partial charge in [0.1, 0.15) is 0 Å². The van der Waals surface area contributed by atoms with Gasteiger partial charge in [-0.05, 0) is 34.9 Å². The normalized spacial score (nSPS) is 9.81. The fourth-order valence-corrected chi connectivity index (χ4v) is 1.95. The number of rotatable bonds is 4. The van der Waals surface area contributed by atoms with Gasteiger partial charge < -0.3 is 4.90 Å². The predicted octanol–water partition coefficient (Wildman–Crippen LogP) is 4.27. The van der Waals surface area contributed by atoms with Crippen LogP contribution in [0.25, 0.3) is 21.6 Å². The first kappa shape index (κ1) is 14.4. The van der Waals surface area contributed by atoms with Gasteiger partial charge in [0.25, 0.3) is 5.69 Å². The molecule has 0 unspecified atom stereocenters. The fourth-order valence-electron chi connectivity index (χ4n) is 1.95. The number of non-ortho nitro benzene ring substituents is 1. The third-order valence-corrected chi connectivity index (χ3v) is 3.04. The molecule has 0 bridgehead atoms. The van der Waals surface area contributed by atoms with Crippen molar-refractivity contribution in [3.05, 3.63) is 63.0 Å². The Morgan fingerprint density at radius 2 is 1.86 bits per heavy atom. The van der Waals surface area contributed by atoms with Gasteiger partial charge in [-0.1, -0.05) is 17.2 Å². The minimum atomic E-state index is -0.519. The first-order chi connectivity index (χ1) is 10.0. The average molecular weight is 283 g/mol. The second-order valence-corrected chi connectivity index (χ2v) is 4.59. The van der Waals surface area contributed by atoms with E-state index in [4.69, 9.17) is 5.53 Å². The minimum Gasteiger partial charge on any atom is -0.378 e. The SMILES string of the molecule is CN(C)c1ccc(-c2ccc([N+](=O)[O-])cc2N=[N+]=[N-])cc1. The maximum absolute atomic E-state index is 10.8. The molecule has 0 atom stereocenters. The van der Waals surface area contributed by atoms with Crippen LogP contribution in [0.4, 0.5) is 17.1 Å². The Bertz CT molecular complexity index is 719. The van der Waals surface area contributed by atoms with E-state index in [0.717, 1.165) is 11.3 Å². The molecule has 0 heterocycles. The minimum absolute atomic E-state index is 0.105. The lowest BCUT2D eigenvalue weighted by atomic mass is 10.0. The average Bonchev–Trinajstić information content (AvgIpc) is 2.47. The van der Waals surface area contributed by atoms with E-state index < -0.39 is 4.92 Å². The molecule has 7 heteroatoms. The molecule has 0 aromatic heterocycles. The molecule has 0 radical (unpaired) electrons. The quantitative estimate of drug-likeness (QED) is 0.275. The van der Waals surface area contributed by atoms with Crippen LogP contribution in [0.2, 0.25) is 0 Å². The van der Waals surface area contributed by atoms with E-state index in [1.807, 2.05) is 43.3 Å². The summed E-state index contributed by atoms with van der Waals surface area (Å²) in [5.74, 6) is 0. The third kappa shape index (κ3) is 3.10. The molecule has 0 saturated carbocycles. The number of hydrogen-bond donors (Lipinski definition) is 0. The number of benzene rings is 2. The van der Waals surface area contributed by atoms with Crippen LogP contribution in [0.3, 0.4) is 0 Å². The van der Waals surface area contributed by atoms with Gasteiger partial charge in [-0.3, -0.25) is 10.1 Å². The standard InChI is InChI=1S/C14H13N5O2/c1-18(2)11-5-3-10(4-6-11)13-8-7-12(19(20)21)9-14(13)16-17-15/h3-9H,1-2H3. The van der Waals surface area contributed by atoms with Crippen LogP contribution in [0, 0.1) is 10.1 Å². The van der Waals surface area contributed by atoms with Crippen molar-refractivity contribution >= 4 is 17.1 Å². The molecule has 106 valence electrons. The lowest BCUT2D eigenvalue weighted by molar-refractivity contribution is -0.384. The zero-order valence-corrected chi connectivity index (χ0v) is 11.6. The highest BCUT2D eigenvalue weighted by Crippen LogP contribution is 2.34. The molecule has 2 rings (SSSR count). The third-order valence-electron chi connectivity index (χ3n) is 3.04. The highest BCUT2D eigenvalue weighted by Gasteiger charge is 2.11. The topological polar surface area (TPSA) is 95.1 Å². The number of nitrogens with zero attached hydrogens (tertiary/aromatic N) is 5. The van der Waals surface area contributed by atoms with Crippen molar-refractivity contribution in [3.63, 3.8) is 0 Å². The van der Waals surface area contributed by atoms with Crippen molar-refractivity contribution in [2.24, 2.45) is 5.11 Å². The van der Waals surface area contributed by atoms with E-state index in [1.165, 1.54) is 12.1 Å². The van der Waals surface area contributed by atoms with Crippen molar-refractivity contribution in [2.75, 3.05) is 19.0 Å². The lowest BCUT2D eigenvalue weighted by Crippen LogP contribution is -2.07. The summed E-state index contributed by atoms with van der Waals surface area (Å²) in [6.45, 7) is 0. The van der Waals surface area contributed by atoms with Crippen LogP contribution in [-0.2, 0) is 0 Å². The van der Waals surface area contributed by atoms with Crippen molar-refractivity contribution in [1.82, 2.24) is 0 Å². The molecule has 0 N–H and O–H groups in total. The van der Waals surface area contributed by atoms with Crippen molar-refractivity contribution < 1.29 is 4.92 Å². The Balaban J connectivity index is 2.52. The molecule has 2 aromatic carbocycles. The molecule has 0 spiro atoms. The summed E-state index contributed by atoms with van der Waals surface area (Å²) in [6, 6.07) is 11.9. The Labute approximate surface area is 121 Å². The van der Waals surface area contributed by atoms with Crippen molar-refractivity contribution in [2.45, 2.75) is 0 Å². The summed E-state index contributed by atoms with van der Waals surface area (Å²) in [6.07, 6.45) is 0. The lowest BCUT2D eigenvalue weighted by Gasteiger charge is -2.13. The maximum atomic E-state index is 10.8. The van der Waals surface area contributed by atoms with Crippen molar-refractivity contribution in [1.29, 1.82) is 0 Å². The van der Waals surface area contributed by atoms with E-state index in [9.17, 15) is 10.1 Å². The van der Waals surface area contributed by atoms with E-state index in [0.29, 0.717) is 5.56 Å². The molecule has 0 aliphatic carbocycles. The maximum Gasteiger partial charge on any atom is 0.269 e. The van der Waals surface area contributed by atoms with E-state index >= 15 is 0 Å². The largest absolute Gasteiger partial charge is 0.378 e. The second-order valence-electron chi connectivity index (χ2n) is 4.59. The molecule has 2 aromatic rings. The highest BCUT2D eigenvalue weighted by atomic mass is 16.6. The van der Waals surface area contributed by atoms with Gasteiger partial charge >= 0.3 is 0 Å². The van der Waals surface area contributed by atoms with Crippen LogP contribution >= 0.6 is 0 Å². The van der Waals surface area contributed by atoms with Gasteiger partial charge in [-0.15, -0.1) is 0 Å². The highest BCUT2D eigenvalue weighted by molar-refractivity contribution is 5.78. The summed E-state index contributed by atoms with van der Waals surface area (Å²) in [4.78, 5) is 15.0. The zero-order valence-electron chi connectivity index (χ0n) is 11.6. The number of hydrogen-bond acceptors (Lipinski definition) is 4. The first-order valence-electron chi connectivity index (χ1n) is 6.14. The van der Waals surface area contributed by atoms with E-state index in [-0.39, 0.29) is 11.4 Å². The van der Waals surface area contributed by atoms with Crippen LogP contribution in [0.5, 0.6) is 0 Å². The molecular formula is C14H13N5O2. The monoisotopic (exact) mass is 283 g/mol. The van der Waals surface area contributed by atoms with Crippen molar-refractivity contribution in [3.8, 4) is 11.1 Å². The van der Waals surface area contributed by atoms with Gasteiger partial charge in [0.2, 0.25) is 0 Å². The second kappa shape index (κ2) is 5.94. The molecule has 0 saturated heterocycles. The molecule has 0 aliphatic heterocycles. The predicted molar refractivity (Wildman–Crippen MR) is 81.7 cm³/mol. The fraction of sp³-hybridized carbons (Fsp3) is 0.143. The van der Waals surface area contributed by atoms with Crippen LogP contribution in [-0.4, -0.2) is 19.0 Å². The van der Waals surface area contributed by atoms with Crippen LogP contribution in [0.15, 0.2) is 47.6 Å². The summed E-state index contributed by atoms with van der Waals surface area (Å²) in [5, 5.41) is 14.3. The smallest absolute Gasteiger partial charge is 0.269 e. The molecule has 21 heavy (non-hydrogen) atoms. The summed E-state index contributed by atoms with van der Waals surface area (Å²) in [7, 11) is 3.87. The number of anilines is 1. The first-order valence-corrected chi connectivity index (χ1v) is 6.14. The molecular weight excluding hydrogens is 270 g/mol. The van der Waals surface area contributed by atoms with Crippen LogP contribution < -0.4 is 4.90 Å². The molecule has 0 aliphatic rings. The van der Waals surface area contributed by atoms with Crippen LogP contribution in [0.1, 0.15) is 0 Å². The Hall–Kier alpha value is -3.05. The van der Waals surface area contributed by atoms with Gasteiger partial charge in [0, 0.05) is 36.8 Å². The molecule has 0 fully saturated rings. The van der Waals surface area contributed by atoms with E-state index in [2.05, 4.69) is 10.0 Å². The Kier molecular flexibility index (Phi) is 4.06. The van der Waals surface area contributed by atoms with Gasteiger partial charge in [0.05, 0.1) is 10.6 Å². The number of azide groups is 1. The Morgan fingerprint density at radius 1 is 1.19 bits per heavy atom. The Morgan fingerprint density at radius 3 is 2.38 bits per heavy atom. The van der Waals surface area contributed by atoms with Gasteiger partial charge in [-0.25, -0.2) is 0 Å². The number of nitro groups is 1. The van der Waals surface area contributed by atoms with Gasteiger partial charge in [0.15, 0.2) is 0 Å². The summed E-state index contributed by atoms with van der Waals surface area (Å²) in [5.41, 5.74) is 11.3. The summed E-state index contributed by atoms with van der Waals surface area (Å²) < 4.78 is 0. The van der Waals surface area contributed by atoms with Gasteiger partial charge in [-0.2, -0.15) is 0 Å². The summed E-state index contributed by atoms with van der Waals surface area (Å²) >= 11 is 0.